The Morgan fingerprint density at radius 1 is 1.12 bits per heavy atom. The van der Waals surface area contributed by atoms with Gasteiger partial charge in [0.25, 0.3) is 5.91 Å². The van der Waals surface area contributed by atoms with Gasteiger partial charge in [-0.2, -0.15) is 0 Å². The topological polar surface area (TPSA) is 60.7 Å². The molecule has 0 bridgehead atoms. The predicted molar refractivity (Wildman–Crippen MR) is 99.5 cm³/mol. The highest BCUT2D eigenvalue weighted by Gasteiger charge is 2.13. The number of ether oxygens (including phenoxy) is 2. The number of rotatable bonds is 6. The van der Waals surface area contributed by atoms with Crippen LogP contribution in [0.4, 0.5) is 0 Å². The lowest BCUT2D eigenvalue weighted by molar-refractivity contribution is 0.0928. The number of benzene rings is 2. The average molecular weight is 404 g/mol. The van der Waals surface area contributed by atoms with Gasteiger partial charge >= 0.3 is 0 Å². The molecule has 0 aliphatic rings. The molecule has 0 fully saturated rings. The highest BCUT2D eigenvalue weighted by atomic mass is 79.9. The molecule has 0 spiro atoms. The van der Waals surface area contributed by atoms with Crippen LogP contribution in [0.15, 0.2) is 51.4 Å². The van der Waals surface area contributed by atoms with Crippen molar-refractivity contribution in [1.29, 1.82) is 0 Å². The number of methoxy groups -OCH3 is 2. The molecule has 0 aliphatic heterocycles. The van der Waals surface area contributed by atoms with Gasteiger partial charge in [-0.1, -0.05) is 15.9 Å². The number of hydrogen-bond acceptors (Lipinski definition) is 4. The molecule has 6 heteroatoms. The van der Waals surface area contributed by atoms with Gasteiger partial charge in [0.2, 0.25) is 0 Å². The first kappa shape index (κ1) is 17.4. The highest BCUT2D eigenvalue weighted by Crippen LogP contribution is 2.25. The summed E-state index contributed by atoms with van der Waals surface area (Å²) in [4.78, 5) is 12.3. The van der Waals surface area contributed by atoms with Crippen LogP contribution in [0.25, 0.3) is 11.0 Å². The Kier molecular flexibility index (Phi) is 5.28. The Balaban J connectivity index is 1.66. The molecule has 3 rings (SSSR count). The summed E-state index contributed by atoms with van der Waals surface area (Å²) in [5, 5.41) is 3.75. The summed E-state index contributed by atoms with van der Waals surface area (Å²) < 4.78 is 17.1. The van der Waals surface area contributed by atoms with Crippen molar-refractivity contribution >= 4 is 32.8 Å². The van der Waals surface area contributed by atoms with E-state index in [1.54, 1.807) is 20.3 Å². The first-order valence-corrected chi connectivity index (χ1v) is 8.58. The van der Waals surface area contributed by atoms with Gasteiger partial charge in [0.1, 0.15) is 17.1 Å². The second-order valence-electron chi connectivity index (χ2n) is 5.48. The molecule has 5 nitrogen and oxygen atoms in total. The zero-order valence-corrected chi connectivity index (χ0v) is 15.6. The summed E-state index contributed by atoms with van der Waals surface area (Å²) in [5.41, 5.74) is 1.65. The van der Waals surface area contributed by atoms with Crippen molar-refractivity contribution in [3.63, 3.8) is 0 Å². The van der Waals surface area contributed by atoms with Crippen molar-refractivity contribution in [2.45, 2.75) is 6.42 Å². The minimum absolute atomic E-state index is 0.241. The SMILES string of the molecule is COc1ccc(OC)c(CCNC(=O)c2cc3cc(Br)ccc3o2)c1. The van der Waals surface area contributed by atoms with E-state index >= 15 is 0 Å². The van der Waals surface area contributed by atoms with Crippen molar-refractivity contribution in [1.82, 2.24) is 5.32 Å². The van der Waals surface area contributed by atoms with Gasteiger partial charge in [-0.25, -0.2) is 0 Å². The predicted octanol–water partition coefficient (Wildman–Crippen LogP) is 4.19. The van der Waals surface area contributed by atoms with E-state index in [0.29, 0.717) is 24.3 Å². The molecule has 0 radical (unpaired) electrons. The molecule has 1 aromatic heterocycles. The summed E-state index contributed by atoms with van der Waals surface area (Å²) >= 11 is 3.41. The highest BCUT2D eigenvalue weighted by molar-refractivity contribution is 9.10. The van der Waals surface area contributed by atoms with Crippen molar-refractivity contribution in [2.75, 3.05) is 20.8 Å². The number of amides is 1. The van der Waals surface area contributed by atoms with Gasteiger partial charge in [0, 0.05) is 16.4 Å². The third kappa shape index (κ3) is 3.96. The minimum Gasteiger partial charge on any atom is -0.497 e. The second kappa shape index (κ2) is 7.61. The quantitative estimate of drug-likeness (QED) is 0.670. The fraction of sp³-hybridized carbons (Fsp3) is 0.211. The minimum atomic E-state index is -0.241. The van der Waals surface area contributed by atoms with Gasteiger partial charge in [-0.15, -0.1) is 0 Å². The molecule has 25 heavy (non-hydrogen) atoms. The van der Waals surface area contributed by atoms with Crippen LogP contribution in [0.5, 0.6) is 11.5 Å². The molecular formula is C19H18BrNO4. The Hall–Kier alpha value is -2.47. The van der Waals surface area contributed by atoms with Crippen LogP contribution in [0.3, 0.4) is 0 Å². The van der Waals surface area contributed by atoms with Gasteiger partial charge in [-0.3, -0.25) is 4.79 Å². The number of carbonyl (C=O) groups is 1. The van der Waals surface area contributed by atoms with Crippen LogP contribution in [0, 0.1) is 0 Å². The molecule has 0 saturated heterocycles. The Morgan fingerprint density at radius 3 is 2.72 bits per heavy atom. The Morgan fingerprint density at radius 2 is 1.96 bits per heavy atom. The lowest BCUT2D eigenvalue weighted by Crippen LogP contribution is -2.25. The molecule has 1 amide bonds. The van der Waals surface area contributed by atoms with Crippen molar-refractivity contribution in [2.24, 2.45) is 0 Å². The van der Waals surface area contributed by atoms with Gasteiger partial charge in [0.15, 0.2) is 5.76 Å². The molecule has 0 aliphatic carbocycles. The van der Waals surface area contributed by atoms with Crippen LogP contribution < -0.4 is 14.8 Å². The third-order valence-corrected chi connectivity index (χ3v) is 4.36. The van der Waals surface area contributed by atoms with Crippen LogP contribution in [0.2, 0.25) is 0 Å². The van der Waals surface area contributed by atoms with E-state index in [2.05, 4.69) is 21.2 Å². The fourth-order valence-electron chi connectivity index (χ4n) is 2.60. The second-order valence-corrected chi connectivity index (χ2v) is 6.39. The Labute approximate surface area is 154 Å². The Bertz CT molecular complexity index is 904. The van der Waals surface area contributed by atoms with Crippen LogP contribution >= 0.6 is 15.9 Å². The first-order chi connectivity index (χ1) is 12.1. The smallest absolute Gasteiger partial charge is 0.287 e. The largest absolute Gasteiger partial charge is 0.497 e. The number of halogens is 1. The van der Waals surface area contributed by atoms with E-state index in [1.165, 1.54) is 0 Å². The maximum Gasteiger partial charge on any atom is 0.287 e. The van der Waals surface area contributed by atoms with Crippen LogP contribution in [-0.4, -0.2) is 26.7 Å². The van der Waals surface area contributed by atoms with Crippen molar-refractivity contribution < 1.29 is 18.7 Å². The summed E-state index contributed by atoms with van der Waals surface area (Å²) in [5.74, 6) is 1.58. The molecule has 130 valence electrons. The maximum atomic E-state index is 12.3. The van der Waals surface area contributed by atoms with E-state index in [-0.39, 0.29) is 5.91 Å². The summed E-state index contributed by atoms with van der Waals surface area (Å²) in [6.45, 7) is 0.461. The van der Waals surface area contributed by atoms with E-state index in [9.17, 15) is 4.79 Å². The zero-order chi connectivity index (χ0) is 17.8. The molecule has 0 atom stereocenters. The van der Waals surface area contributed by atoms with Crippen molar-refractivity contribution in [3.05, 3.63) is 58.3 Å². The van der Waals surface area contributed by atoms with E-state index in [4.69, 9.17) is 13.9 Å². The molecule has 2 aromatic carbocycles. The van der Waals surface area contributed by atoms with E-state index in [1.807, 2.05) is 36.4 Å². The normalized spacial score (nSPS) is 10.7. The lowest BCUT2D eigenvalue weighted by Gasteiger charge is -2.10. The molecular weight excluding hydrogens is 386 g/mol. The number of carbonyl (C=O) groups excluding carboxylic acids is 1. The lowest BCUT2D eigenvalue weighted by atomic mass is 10.1. The summed E-state index contributed by atoms with van der Waals surface area (Å²) in [6.07, 6.45) is 0.623. The standard InChI is InChI=1S/C19H18BrNO4/c1-23-15-4-6-16(24-2)12(10-15)7-8-21-19(22)18-11-13-9-14(20)3-5-17(13)25-18/h3-6,9-11H,7-8H2,1-2H3,(H,21,22). The van der Waals surface area contributed by atoms with Crippen LogP contribution in [-0.2, 0) is 6.42 Å². The maximum absolute atomic E-state index is 12.3. The number of nitrogens with one attached hydrogen (secondary N) is 1. The zero-order valence-electron chi connectivity index (χ0n) is 14.0. The molecule has 1 heterocycles. The van der Waals surface area contributed by atoms with E-state index < -0.39 is 0 Å². The van der Waals surface area contributed by atoms with Crippen LogP contribution in [0.1, 0.15) is 16.1 Å². The average Bonchev–Trinajstić information content (AvgIpc) is 3.04. The molecule has 3 aromatic rings. The molecule has 0 unspecified atom stereocenters. The number of furan rings is 1. The third-order valence-electron chi connectivity index (χ3n) is 3.87. The number of fused-ring (bicyclic) bond motifs is 1. The molecule has 0 saturated carbocycles. The summed E-state index contributed by atoms with van der Waals surface area (Å²) in [7, 11) is 3.24. The first-order valence-electron chi connectivity index (χ1n) is 7.79. The monoisotopic (exact) mass is 403 g/mol. The summed E-state index contributed by atoms with van der Waals surface area (Å²) in [6, 6.07) is 13.0. The van der Waals surface area contributed by atoms with Gasteiger partial charge < -0.3 is 19.2 Å². The molecule has 1 N–H and O–H groups in total. The number of hydrogen-bond donors (Lipinski definition) is 1. The van der Waals surface area contributed by atoms with Gasteiger partial charge in [-0.05, 0) is 54.4 Å². The van der Waals surface area contributed by atoms with Gasteiger partial charge in [0.05, 0.1) is 14.2 Å². The van der Waals surface area contributed by atoms with Crippen molar-refractivity contribution in [3.8, 4) is 11.5 Å². The van der Waals surface area contributed by atoms with E-state index in [0.717, 1.165) is 26.9 Å². The fourth-order valence-corrected chi connectivity index (χ4v) is 2.98.